The molecule has 1 N–H and O–H groups in total. The van der Waals surface area contributed by atoms with E-state index in [1.807, 2.05) is 0 Å². The molecule has 2 aromatic heterocycles. The van der Waals surface area contributed by atoms with Crippen LogP contribution in [0.5, 0.6) is 0 Å². The SMILES string of the molecule is Cc1c(C(=O)N2CCc3ccc([N+](=O)[O-])cc32)cnn1-c1ccc(=O)[nH]n1. The molecule has 0 saturated carbocycles. The van der Waals surface area contributed by atoms with Crippen molar-refractivity contribution in [3.05, 3.63) is 73.8 Å². The number of amides is 1. The van der Waals surface area contributed by atoms with Crippen LogP contribution in [0.25, 0.3) is 5.82 Å². The number of non-ortho nitro benzene ring substituents is 1. The molecule has 3 aromatic rings. The summed E-state index contributed by atoms with van der Waals surface area (Å²) in [4.78, 5) is 36.3. The third-order valence-electron chi connectivity index (χ3n) is 4.54. The molecule has 1 aliphatic heterocycles. The number of carbonyl (C=O) groups excluding carboxylic acids is 1. The van der Waals surface area contributed by atoms with Crippen LogP contribution in [-0.4, -0.2) is 37.4 Å². The molecule has 0 unspecified atom stereocenters. The highest BCUT2D eigenvalue weighted by molar-refractivity contribution is 6.08. The fraction of sp³-hybridized carbons (Fsp3) is 0.176. The number of nitrogens with zero attached hydrogens (tertiary/aromatic N) is 5. The lowest BCUT2D eigenvalue weighted by atomic mass is 10.1. The van der Waals surface area contributed by atoms with Gasteiger partial charge in [0.2, 0.25) is 0 Å². The largest absolute Gasteiger partial charge is 0.307 e. The van der Waals surface area contributed by atoms with Crippen molar-refractivity contribution in [1.29, 1.82) is 0 Å². The van der Waals surface area contributed by atoms with Crippen molar-refractivity contribution >= 4 is 17.3 Å². The predicted molar refractivity (Wildman–Crippen MR) is 95.2 cm³/mol. The van der Waals surface area contributed by atoms with Crippen molar-refractivity contribution in [3.63, 3.8) is 0 Å². The molecule has 0 spiro atoms. The van der Waals surface area contributed by atoms with Crippen LogP contribution in [0, 0.1) is 17.0 Å². The Balaban J connectivity index is 1.70. The summed E-state index contributed by atoms with van der Waals surface area (Å²) in [5, 5.41) is 21.5. The van der Waals surface area contributed by atoms with Crippen LogP contribution in [0.1, 0.15) is 21.6 Å². The van der Waals surface area contributed by atoms with Crippen LogP contribution in [-0.2, 0) is 6.42 Å². The van der Waals surface area contributed by atoms with Crippen molar-refractivity contribution < 1.29 is 9.72 Å². The number of anilines is 1. The van der Waals surface area contributed by atoms with Crippen molar-refractivity contribution in [1.82, 2.24) is 20.0 Å². The Labute approximate surface area is 152 Å². The second kappa shape index (κ2) is 6.16. The number of nitro benzene ring substituents is 1. The number of fused-ring (bicyclic) bond motifs is 1. The van der Waals surface area contributed by atoms with Gasteiger partial charge in [-0.05, 0) is 25.0 Å². The minimum absolute atomic E-state index is 0.0571. The maximum absolute atomic E-state index is 13.0. The van der Waals surface area contributed by atoms with Crippen LogP contribution >= 0.6 is 0 Å². The van der Waals surface area contributed by atoms with Gasteiger partial charge in [-0.3, -0.25) is 19.7 Å². The molecule has 1 aliphatic rings. The third-order valence-corrected chi connectivity index (χ3v) is 4.54. The highest BCUT2D eigenvalue weighted by Crippen LogP contribution is 2.33. The third kappa shape index (κ3) is 2.76. The Morgan fingerprint density at radius 2 is 2.11 bits per heavy atom. The Kier molecular flexibility index (Phi) is 3.80. The Bertz CT molecular complexity index is 1110. The highest BCUT2D eigenvalue weighted by atomic mass is 16.6. The van der Waals surface area contributed by atoms with Gasteiger partial charge in [-0.25, -0.2) is 9.78 Å². The molecule has 10 heteroatoms. The second-order valence-corrected chi connectivity index (χ2v) is 6.11. The van der Waals surface area contributed by atoms with E-state index in [9.17, 15) is 19.7 Å². The molecule has 0 atom stereocenters. The van der Waals surface area contributed by atoms with E-state index >= 15 is 0 Å². The first-order valence-corrected chi connectivity index (χ1v) is 8.15. The molecule has 0 fully saturated rings. The lowest BCUT2D eigenvalue weighted by Gasteiger charge is -2.17. The van der Waals surface area contributed by atoms with Crippen LogP contribution in [0.2, 0.25) is 0 Å². The van der Waals surface area contributed by atoms with Crippen LogP contribution in [0.4, 0.5) is 11.4 Å². The van der Waals surface area contributed by atoms with Gasteiger partial charge >= 0.3 is 0 Å². The Morgan fingerprint density at radius 1 is 1.30 bits per heavy atom. The van der Waals surface area contributed by atoms with Crippen molar-refractivity contribution in [2.75, 3.05) is 11.4 Å². The maximum Gasteiger partial charge on any atom is 0.271 e. The number of aromatic amines is 1. The lowest BCUT2D eigenvalue weighted by Crippen LogP contribution is -2.29. The standard InChI is InChI=1S/C17H14N6O4/c1-10-13(9-18-22(10)15-4-5-16(24)20-19-15)17(25)21-7-6-11-2-3-12(23(26)27)8-14(11)21/h2-5,8-9H,6-7H2,1H3,(H,20,24). The average Bonchev–Trinajstić information content (AvgIpc) is 3.25. The van der Waals surface area contributed by atoms with Gasteiger partial charge in [-0.1, -0.05) is 6.07 Å². The van der Waals surface area contributed by atoms with E-state index < -0.39 is 4.92 Å². The van der Waals surface area contributed by atoms with E-state index in [4.69, 9.17) is 0 Å². The minimum atomic E-state index is -0.480. The summed E-state index contributed by atoms with van der Waals surface area (Å²) < 4.78 is 1.45. The zero-order chi connectivity index (χ0) is 19.1. The monoisotopic (exact) mass is 366 g/mol. The fourth-order valence-corrected chi connectivity index (χ4v) is 3.14. The molecular weight excluding hydrogens is 352 g/mol. The Morgan fingerprint density at radius 3 is 2.81 bits per heavy atom. The normalized spacial score (nSPS) is 12.9. The topological polar surface area (TPSA) is 127 Å². The van der Waals surface area contributed by atoms with Gasteiger partial charge in [-0.15, -0.1) is 0 Å². The molecule has 136 valence electrons. The highest BCUT2D eigenvalue weighted by Gasteiger charge is 2.29. The van der Waals surface area contributed by atoms with Crippen molar-refractivity contribution in [2.45, 2.75) is 13.3 Å². The quantitative estimate of drug-likeness (QED) is 0.551. The zero-order valence-corrected chi connectivity index (χ0v) is 14.2. The fourth-order valence-electron chi connectivity index (χ4n) is 3.14. The van der Waals surface area contributed by atoms with Gasteiger partial charge in [0.1, 0.15) is 0 Å². The first kappa shape index (κ1) is 16.6. The first-order valence-electron chi connectivity index (χ1n) is 8.15. The summed E-state index contributed by atoms with van der Waals surface area (Å²) in [7, 11) is 0. The van der Waals surface area contributed by atoms with Gasteiger partial charge in [-0.2, -0.15) is 10.2 Å². The van der Waals surface area contributed by atoms with Gasteiger partial charge < -0.3 is 4.90 Å². The number of nitro groups is 1. The van der Waals surface area contributed by atoms with Gasteiger partial charge in [0, 0.05) is 24.7 Å². The smallest absolute Gasteiger partial charge is 0.271 e. The molecule has 27 heavy (non-hydrogen) atoms. The van der Waals surface area contributed by atoms with Crippen LogP contribution in [0.15, 0.2) is 41.3 Å². The number of rotatable bonds is 3. The Hall–Kier alpha value is -3.82. The van der Waals surface area contributed by atoms with Crippen LogP contribution in [0.3, 0.4) is 0 Å². The molecule has 0 bridgehead atoms. The van der Waals surface area contributed by atoms with E-state index in [1.54, 1.807) is 13.0 Å². The van der Waals surface area contributed by atoms with E-state index in [0.29, 0.717) is 35.7 Å². The van der Waals surface area contributed by atoms with Crippen molar-refractivity contribution in [2.24, 2.45) is 0 Å². The summed E-state index contributed by atoms with van der Waals surface area (Å²) >= 11 is 0. The van der Waals surface area contributed by atoms with Gasteiger partial charge in [0.05, 0.1) is 28.1 Å². The van der Waals surface area contributed by atoms with E-state index in [-0.39, 0.29) is 17.2 Å². The number of nitrogens with one attached hydrogen (secondary N) is 1. The average molecular weight is 366 g/mol. The number of hydrogen-bond acceptors (Lipinski definition) is 6. The summed E-state index contributed by atoms with van der Waals surface area (Å²) in [5.41, 5.74) is 1.96. The van der Waals surface area contributed by atoms with E-state index in [1.165, 1.54) is 40.0 Å². The predicted octanol–water partition coefficient (Wildman–Crippen LogP) is 1.38. The second-order valence-electron chi connectivity index (χ2n) is 6.11. The molecule has 10 nitrogen and oxygen atoms in total. The number of carbonyl (C=O) groups is 1. The van der Waals surface area contributed by atoms with Crippen LogP contribution < -0.4 is 10.5 Å². The number of H-pyrrole nitrogens is 1. The summed E-state index contributed by atoms with van der Waals surface area (Å²) in [6.45, 7) is 2.16. The molecular formula is C17H14N6O4. The van der Waals surface area contributed by atoms with E-state index in [2.05, 4.69) is 15.3 Å². The molecule has 0 aliphatic carbocycles. The summed E-state index contributed by atoms with van der Waals surface area (Å²) in [6.07, 6.45) is 2.06. The number of aromatic nitrogens is 4. The molecule has 1 aromatic carbocycles. The minimum Gasteiger partial charge on any atom is -0.307 e. The van der Waals surface area contributed by atoms with E-state index in [0.717, 1.165) is 5.56 Å². The number of benzene rings is 1. The zero-order valence-electron chi connectivity index (χ0n) is 14.2. The molecule has 0 saturated heterocycles. The lowest BCUT2D eigenvalue weighted by molar-refractivity contribution is -0.384. The molecule has 4 rings (SSSR count). The summed E-state index contributed by atoms with van der Waals surface area (Å²) in [5.74, 6) is 0.0889. The van der Waals surface area contributed by atoms with Gasteiger partial charge in [0.15, 0.2) is 5.82 Å². The number of hydrogen-bond donors (Lipinski definition) is 1. The summed E-state index contributed by atoms with van der Waals surface area (Å²) in [6, 6.07) is 7.37. The maximum atomic E-state index is 13.0. The molecule has 0 radical (unpaired) electrons. The molecule has 3 heterocycles. The first-order chi connectivity index (χ1) is 13.0. The van der Waals surface area contributed by atoms with Crippen molar-refractivity contribution in [3.8, 4) is 5.82 Å². The van der Waals surface area contributed by atoms with Gasteiger partial charge in [0.25, 0.3) is 17.2 Å². The molecule has 1 amide bonds.